The molecule has 3 saturated heterocycles. The topological polar surface area (TPSA) is 68.3 Å². The van der Waals surface area contributed by atoms with Crippen molar-refractivity contribution < 1.29 is 23.8 Å². The second-order valence-corrected chi connectivity index (χ2v) is 7.88. The van der Waals surface area contributed by atoms with Crippen LogP contribution in [0.2, 0.25) is 0 Å². The zero-order valence-corrected chi connectivity index (χ0v) is 17.0. The van der Waals surface area contributed by atoms with E-state index in [1.165, 1.54) is 7.11 Å². The molecule has 0 bridgehead atoms. The summed E-state index contributed by atoms with van der Waals surface area (Å²) in [6.07, 6.45) is 0.698. The van der Waals surface area contributed by atoms with E-state index >= 15 is 0 Å². The Kier molecular flexibility index (Phi) is 4.43. The van der Waals surface area contributed by atoms with Crippen LogP contribution in [0.3, 0.4) is 0 Å². The molecule has 1 spiro atoms. The van der Waals surface area contributed by atoms with Crippen molar-refractivity contribution in [3.8, 4) is 11.5 Å². The minimum absolute atomic E-state index is 0.0357. The zero-order valence-electron chi connectivity index (χ0n) is 17.0. The Morgan fingerprint density at radius 1 is 1.10 bits per heavy atom. The molecule has 2 aromatic carbocycles. The molecule has 3 aliphatic rings. The number of benzene rings is 2. The Morgan fingerprint density at radius 2 is 1.90 bits per heavy atom. The van der Waals surface area contributed by atoms with Crippen LogP contribution in [-0.2, 0) is 9.53 Å². The van der Waals surface area contributed by atoms with Gasteiger partial charge in [-0.2, -0.15) is 0 Å². The van der Waals surface area contributed by atoms with Crippen molar-refractivity contribution in [2.75, 3.05) is 27.3 Å². The molecule has 156 valence electrons. The van der Waals surface area contributed by atoms with Gasteiger partial charge >= 0.3 is 0 Å². The summed E-state index contributed by atoms with van der Waals surface area (Å²) >= 11 is 0. The van der Waals surface area contributed by atoms with Crippen molar-refractivity contribution >= 4 is 11.8 Å². The number of rotatable bonds is 4. The zero-order chi connectivity index (χ0) is 20.9. The fourth-order valence-corrected chi connectivity index (χ4v) is 5.12. The number of hydrogen-bond acceptors (Lipinski definition) is 5. The van der Waals surface area contributed by atoms with Gasteiger partial charge in [0, 0.05) is 13.0 Å². The Labute approximate surface area is 175 Å². The van der Waals surface area contributed by atoms with E-state index in [0.717, 1.165) is 5.56 Å². The number of methoxy groups -OCH3 is 2. The monoisotopic (exact) mass is 408 g/mol. The molecule has 0 unspecified atom stereocenters. The molecule has 5 rings (SSSR count). The van der Waals surface area contributed by atoms with E-state index in [2.05, 4.69) is 0 Å². The van der Waals surface area contributed by atoms with Gasteiger partial charge in [0.25, 0.3) is 5.91 Å². The van der Waals surface area contributed by atoms with Gasteiger partial charge in [0.1, 0.15) is 6.10 Å². The van der Waals surface area contributed by atoms with E-state index < -0.39 is 5.72 Å². The minimum Gasteiger partial charge on any atom is -0.493 e. The second-order valence-electron chi connectivity index (χ2n) is 7.88. The first-order valence-electron chi connectivity index (χ1n) is 10.1. The maximum atomic E-state index is 13.5. The molecule has 7 nitrogen and oxygen atoms in total. The van der Waals surface area contributed by atoms with Gasteiger partial charge in [-0.3, -0.25) is 9.59 Å². The molecule has 2 amide bonds. The third-order valence-corrected chi connectivity index (χ3v) is 6.49. The Hall–Kier alpha value is -3.06. The lowest BCUT2D eigenvalue weighted by Gasteiger charge is -2.32. The Morgan fingerprint density at radius 3 is 2.63 bits per heavy atom. The number of hydrogen-bond donors (Lipinski definition) is 0. The van der Waals surface area contributed by atoms with Gasteiger partial charge in [-0.15, -0.1) is 0 Å². The van der Waals surface area contributed by atoms with Gasteiger partial charge < -0.3 is 24.0 Å². The smallest absolute Gasteiger partial charge is 0.258 e. The van der Waals surface area contributed by atoms with Crippen molar-refractivity contribution in [1.29, 1.82) is 0 Å². The second kappa shape index (κ2) is 7.02. The summed E-state index contributed by atoms with van der Waals surface area (Å²) in [7, 11) is 3.06. The highest BCUT2D eigenvalue weighted by Crippen LogP contribution is 2.51. The summed E-state index contributed by atoms with van der Waals surface area (Å²) < 4.78 is 17.3. The highest BCUT2D eigenvalue weighted by atomic mass is 16.5. The molecule has 0 N–H and O–H groups in total. The largest absolute Gasteiger partial charge is 0.493 e. The van der Waals surface area contributed by atoms with Gasteiger partial charge in [-0.25, -0.2) is 0 Å². The molecule has 7 heteroatoms. The number of carbonyl (C=O) groups is 2. The summed E-state index contributed by atoms with van der Waals surface area (Å²) in [4.78, 5) is 29.9. The van der Waals surface area contributed by atoms with E-state index in [-0.39, 0.29) is 30.4 Å². The molecule has 3 aliphatic heterocycles. The van der Waals surface area contributed by atoms with Crippen molar-refractivity contribution in [3.05, 3.63) is 59.7 Å². The van der Waals surface area contributed by atoms with Crippen LogP contribution >= 0.6 is 0 Å². The van der Waals surface area contributed by atoms with Crippen LogP contribution in [-0.4, -0.2) is 60.7 Å². The van der Waals surface area contributed by atoms with Gasteiger partial charge in [-0.05, 0) is 17.7 Å². The third-order valence-electron chi connectivity index (χ3n) is 6.49. The lowest BCUT2D eigenvalue weighted by atomic mass is 10.1. The molecule has 0 aromatic heterocycles. The lowest BCUT2D eigenvalue weighted by Crippen LogP contribution is -2.48. The fourth-order valence-electron chi connectivity index (χ4n) is 5.12. The predicted octanol–water partition coefficient (Wildman–Crippen LogP) is 2.62. The van der Waals surface area contributed by atoms with Crippen molar-refractivity contribution in [3.63, 3.8) is 0 Å². The van der Waals surface area contributed by atoms with E-state index in [4.69, 9.17) is 14.2 Å². The van der Waals surface area contributed by atoms with Gasteiger partial charge in [-0.1, -0.05) is 36.4 Å². The average Bonchev–Trinajstić information content (AvgIpc) is 3.41. The number of para-hydroxylation sites is 1. The Bertz CT molecular complexity index is 994. The SMILES string of the molecule is COc1cccc(C(=O)N2CC[C@@]34O[C@@H](c5ccccc5)CN3C(=O)C[C@@H]24)c1OC. The fraction of sp³-hybridized carbons (Fsp3) is 0.391. The summed E-state index contributed by atoms with van der Waals surface area (Å²) in [5.74, 6) is 0.770. The van der Waals surface area contributed by atoms with Crippen molar-refractivity contribution in [2.45, 2.75) is 30.7 Å². The predicted molar refractivity (Wildman–Crippen MR) is 108 cm³/mol. The molecule has 30 heavy (non-hydrogen) atoms. The number of ether oxygens (including phenoxy) is 3. The summed E-state index contributed by atoms with van der Waals surface area (Å²) in [6.45, 7) is 1.04. The molecule has 0 radical (unpaired) electrons. The van der Waals surface area contributed by atoms with Gasteiger partial charge in [0.05, 0.1) is 38.8 Å². The Balaban J connectivity index is 1.46. The first kappa shape index (κ1) is 18.9. The van der Waals surface area contributed by atoms with Crippen molar-refractivity contribution in [1.82, 2.24) is 9.80 Å². The highest BCUT2D eigenvalue weighted by Gasteiger charge is 2.65. The van der Waals surface area contributed by atoms with Crippen LogP contribution in [0, 0.1) is 0 Å². The maximum absolute atomic E-state index is 13.5. The normalized spacial score (nSPS) is 27.2. The number of likely N-dealkylation sites (tertiary alicyclic amines) is 1. The van der Waals surface area contributed by atoms with Crippen LogP contribution in [0.25, 0.3) is 0 Å². The third kappa shape index (κ3) is 2.61. The van der Waals surface area contributed by atoms with Crippen LogP contribution in [0.15, 0.2) is 48.5 Å². The van der Waals surface area contributed by atoms with Gasteiger partial charge in [0.2, 0.25) is 5.91 Å². The maximum Gasteiger partial charge on any atom is 0.258 e. The first-order chi connectivity index (χ1) is 14.6. The van der Waals surface area contributed by atoms with Gasteiger partial charge in [0.15, 0.2) is 17.2 Å². The standard InChI is InChI=1S/C23H24N2O5/c1-28-17-10-6-9-16(21(17)29-2)22(27)24-12-11-23-19(24)13-20(26)25(23)14-18(30-23)15-7-4-3-5-8-15/h3-10,18-19H,11-14H2,1-2H3/t18-,19-,23+/m1/s1. The highest BCUT2D eigenvalue weighted by molar-refractivity contribution is 5.99. The molecular formula is C23H24N2O5. The average molecular weight is 408 g/mol. The minimum atomic E-state index is -0.751. The van der Waals surface area contributed by atoms with E-state index in [0.29, 0.717) is 36.6 Å². The van der Waals surface area contributed by atoms with Crippen LogP contribution < -0.4 is 9.47 Å². The van der Waals surface area contributed by atoms with Crippen LogP contribution in [0.5, 0.6) is 11.5 Å². The summed E-state index contributed by atoms with van der Waals surface area (Å²) in [5, 5.41) is 0. The number of carbonyl (C=O) groups excluding carboxylic acids is 2. The van der Waals surface area contributed by atoms with E-state index in [1.807, 2.05) is 35.2 Å². The van der Waals surface area contributed by atoms with Crippen LogP contribution in [0.1, 0.15) is 34.9 Å². The van der Waals surface area contributed by atoms with E-state index in [1.54, 1.807) is 30.2 Å². The molecule has 2 aromatic rings. The van der Waals surface area contributed by atoms with E-state index in [9.17, 15) is 9.59 Å². The van der Waals surface area contributed by atoms with Crippen molar-refractivity contribution in [2.24, 2.45) is 0 Å². The molecule has 3 fully saturated rings. The molecule has 0 aliphatic carbocycles. The lowest BCUT2D eigenvalue weighted by molar-refractivity contribution is -0.138. The molecule has 3 atom stereocenters. The number of amides is 2. The quantitative estimate of drug-likeness (QED) is 0.778. The van der Waals surface area contributed by atoms with Crippen LogP contribution in [0.4, 0.5) is 0 Å². The summed E-state index contributed by atoms with van der Waals surface area (Å²) in [6, 6.07) is 14.9. The molecular weight excluding hydrogens is 384 g/mol. The first-order valence-corrected chi connectivity index (χ1v) is 10.1. The molecule has 0 saturated carbocycles. The summed E-state index contributed by atoms with van der Waals surface area (Å²) in [5.41, 5.74) is 0.726. The molecule has 3 heterocycles. The number of nitrogens with zero attached hydrogens (tertiary/aromatic N) is 2.